The molecule has 0 radical (unpaired) electrons. The molecule has 0 unspecified atom stereocenters. The second kappa shape index (κ2) is 5.59. The molecule has 0 aromatic rings. The molecule has 0 amide bonds. The molecule has 0 saturated carbocycles. The Kier molecular flexibility index (Phi) is 5.57. The molecule has 0 aromatic heterocycles. The van der Waals surface area contributed by atoms with Gasteiger partial charge in [-0.1, -0.05) is 20.8 Å². The SMILES string of the molecule is CN[C@H](C)C[C@@H](C)CC(C)C. The van der Waals surface area contributed by atoms with Crippen LogP contribution in [0.1, 0.15) is 40.5 Å². The molecule has 0 aliphatic carbocycles. The van der Waals surface area contributed by atoms with Crippen LogP contribution in [0.2, 0.25) is 0 Å². The zero-order chi connectivity index (χ0) is 8.85. The summed E-state index contributed by atoms with van der Waals surface area (Å²) in [6, 6.07) is 0.670. The maximum Gasteiger partial charge on any atom is 0.00382 e. The average molecular weight is 157 g/mol. The van der Waals surface area contributed by atoms with Gasteiger partial charge in [-0.3, -0.25) is 0 Å². The van der Waals surface area contributed by atoms with Crippen molar-refractivity contribution in [3.8, 4) is 0 Å². The van der Waals surface area contributed by atoms with Crippen molar-refractivity contribution in [3.05, 3.63) is 0 Å². The highest BCUT2D eigenvalue weighted by atomic mass is 14.8. The second-order valence-corrected chi connectivity index (χ2v) is 4.16. The van der Waals surface area contributed by atoms with Crippen molar-refractivity contribution < 1.29 is 0 Å². The Morgan fingerprint density at radius 3 is 1.91 bits per heavy atom. The highest BCUT2D eigenvalue weighted by Gasteiger charge is 2.08. The molecule has 0 aliphatic heterocycles. The average Bonchev–Trinajstić information content (AvgIpc) is 1.85. The largest absolute Gasteiger partial charge is 0.317 e. The van der Waals surface area contributed by atoms with Crippen molar-refractivity contribution in [2.24, 2.45) is 11.8 Å². The molecule has 68 valence electrons. The molecule has 0 aromatic carbocycles. The Morgan fingerprint density at radius 2 is 1.55 bits per heavy atom. The highest BCUT2D eigenvalue weighted by Crippen LogP contribution is 2.15. The zero-order valence-corrected chi connectivity index (χ0v) is 8.65. The minimum atomic E-state index is 0.670. The van der Waals surface area contributed by atoms with Gasteiger partial charge in [-0.15, -0.1) is 0 Å². The lowest BCUT2D eigenvalue weighted by molar-refractivity contribution is 0.373. The number of rotatable bonds is 5. The van der Waals surface area contributed by atoms with Crippen LogP contribution in [0.25, 0.3) is 0 Å². The predicted molar refractivity (Wildman–Crippen MR) is 51.8 cm³/mol. The zero-order valence-electron chi connectivity index (χ0n) is 8.65. The van der Waals surface area contributed by atoms with E-state index in [0.717, 1.165) is 11.8 Å². The van der Waals surface area contributed by atoms with Crippen LogP contribution in [0, 0.1) is 11.8 Å². The fourth-order valence-corrected chi connectivity index (χ4v) is 1.62. The molecule has 0 aliphatic rings. The van der Waals surface area contributed by atoms with Crippen LogP contribution in [-0.4, -0.2) is 13.1 Å². The Bertz CT molecular complexity index is 88.9. The summed E-state index contributed by atoms with van der Waals surface area (Å²) in [5.74, 6) is 1.70. The fourth-order valence-electron chi connectivity index (χ4n) is 1.62. The third-order valence-corrected chi connectivity index (χ3v) is 2.12. The Hall–Kier alpha value is -0.0400. The highest BCUT2D eigenvalue weighted by molar-refractivity contribution is 4.64. The van der Waals surface area contributed by atoms with Crippen molar-refractivity contribution in [2.45, 2.75) is 46.6 Å². The van der Waals surface area contributed by atoms with E-state index in [1.165, 1.54) is 12.8 Å². The predicted octanol–water partition coefficient (Wildman–Crippen LogP) is 2.67. The molecule has 1 heteroatoms. The second-order valence-electron chi connectivity index (χ2n) is 4.16. The number of hydrogen-bond donors (Lipinski definition) is 1. The molecular weight excluding hydrogens is 134 g/mol. The molecule has 0 spiro atoms. The third kappa shape index (κ3) is 6.36. The van der Waals surface area contributed by atoms with Gasteiger partial charge in [-0.05, 0) is 38.6 Å². The van der Waals surface area contributed by atoms with E-state index in [4.69, 9.17) is 0 Å². The van der Waals surface area contributed by atoms with Crippen LogP contribution >= 0.6 is 0 Å². The van der Waals surface area contributed by atoms with E-state index in [-0.39, 0.29) is 0 Å². The van der Waals surface area contributed by atoms with Gasteiger partial charge in [-0.25, -0.2) is 0 Å². The molecule has 1 nitrogen and oxygen atoms in total. The summed E-state index contributed by atoms with van der Waals surface area (Å²) in [5.41, 5.74) is 0. The normalized spacial score (nSPS) is 16.9. The van der Waals surface area contributed by atoms with Gasteiger partial charge in [0.25, 0.3) is 0 Å². The van der Waals surface area contributed by atoms with E-state index in [1.807, 2.05) is 7.05 Å². The summed E-state index contributed by atoms with van der Waals surface area (Å²) < 4.78 is 0. The minimum Gasteiger partial charge on any atom is -0.317 e. The van der Waals surface area contributed by atoms with Gasteiger partial charge in [0.15, 0.2) is 0 Å². The molecule has 0 bridgehead atoms. The van der Waals surface area contributed by atoms with Crippen LogP contribution in [-0.2, 0) is 0 Å². The fraction of sp³-hybridized carbons (Fsp3) is 1.00. The lowest BCUT2D eigenvalue weighted by atomic mass is 9.93. The molecule has 0 fully saturated rings. The summed E-state index contributed by atoms with van der Waals surface area (Å²) in [6.07, 6.45) is 2.65. The summed E-state index contributed by atoms with van der Waals surface area (Å²) in [5, 5.41) is 3.27. The van der Waals surface area contributed by atoms with Gasteiger partial charge >= 0.3 is 0 Å². The minimum absolute atomic E-state index is 0.670. The van der Waals surface area contributed by atoms with E-state index in [9.17, 15) is 0 Å². The summed E-state index contributed by atoms with van der Waals surface area (Å²) >= 11 is 0. The first kappa shape index (κ1) is 11.0. The van der Waals surface area contributed by atoms with Gasteiger partial charge in [0.2, 0.25) is 0 Å². The van der Waals surface area contributed by atoms with E-state index >= 15 is 0 Å². The summed E-state index contributed by atoms with van der Waals surface area (Å²) in [4.78, 5) is 0. The maximum absolute atomic E-state index is 3.27. The monoisotopic (exact) mass is 157 g/mol. The lowest BCUT2D eigenvalue weighted by Crippen LogP contribution is -2.23. The first-order valence-electron chi connectivity index (χ1n) is 4.73. The van der Waals surface area contributed by atoms with Crippen LogP contribution in [0.4, 0.5) is 0 Å². The van der Waals surface area contributed by atoms with Crippen LogP contribution in [0.5, 0.6) is 0 Å². The molecule has 1 N–H and O–H groups in total. The number of nitrogens with one attached hydrogen (secondary N) is 1. The molecule has 11 heavy (non-hydrogen) atoms. The topological polar surface area (TPSA) is 12.0 Å². The Labute approximate surface area is 71.6 Å². The van der Waals surface area contributed by atoms with Crippen molar-refractivity contribution in [2.75, 3.05) is 7.05 Å². The smallest absolute Gasteiger partial charge is 0.00382 e. The Morgan fingerprint density at radius 1 is 1.00 bits per heavy atom. The van der Waals surface area contributed by atoms with E-state index in [2.05, 4.69) is 33.0 Å². The van der Waals surface area contributed by atoms with Gasteiger partial charge in [0.1, 0.15) is 0 Å². The van der Waals surface area contributed by atoms with Gasteiger partial charge in [-0.2, -0.15) is 0 Å². The third-order valence-electron chi connectivity index (χ3n) is 2.12. The molecular formula is C10H23N. The quantitative estimate of drug-likeness (QED) is 0.647. The number of hydrogen-bond acceptors (Lipinski definition) is 1. The van der Waals surface area contributed by atoms with Crippen molar-refractivity contribution in [1.82, 2.24) is 5.32 Å². The van der Waals surface area contributed by atoms with Crippen LogP contribution < -0.4 is 5.32 Å². The van der Waals surface area contributed by atoms with Crippen molar-refractivity contribution in [3.63, 3.8) is 0 Å². The summed E-state index contributed by atoms with van der Waals surface area (Å²) in [6.45, 7) is 9.17. The van der Waals surface area contributed by atoms with E-state index in [1.54, 1.807) is 0 Å². The van der Waals surface area contributed by atoms with Gasteiger partial charge in [0, 0.05) is 6.04 Å². The molecule has 0 rings (SSSR count). The van der Waals surface area contributed by atoms with Gasteiger partial charge in [0.05, 0.1) is 0 Å². The van der Waals surface area contributed by atoms with Gasteiger partial charge < -0.3 is 5.32 Å². The molecule has 0 heterocycles. The van der Waals surface area contributed by atoms with Crippen LogP contribution in [0.3, 0.4) is 0 Å². The lowest BCUT2D eigenvalue weighted by Gasteiger charge is -2.18. The first-order chi connectivity index (χ1) is 5.06. The first-order valence-corrected chi connectivity index (χ1v) is 4.73. The summed E-state index contributed by atoms with van der Waals surface area (Å²) in [7, 11) is 2.03. The van der Waals surface area contributed by atoms with Crippen molar-refractivity contribution in [1.29, 1.82) is 0 Å². The maximum atomic E-state index is 3.27. The van der Waals surface area contributed by atoms with E-state index < -0.39 is 0 Å². The van der Waals surface area contributed by atoms with Crippen molar-refractivity contribution >= 4 is 0 Å². The Balaban J connectivity index is 3.43. The molecule has 0 saturated heterocycles. The van der Waals surface area contributed by atoms with E-state index in [0.29, 0.717) is 6.04 Å². The molecule has 2 atom stereocenters. The standard InChI is InChI=1S/C10H23N/c1-8(2)6-9(3)7-10(4)11-5/h8-11H,6-7H2,1-5H3/t9-,10+/m0/s1. The van der Waals surface area contributed by atoms with Crippen LogP contribution in [0.15, 0.2) is 0 Å².